The zero-order valence-corrected chi connectivity index (χ0v) is 13.8. The highest BCUT2D eigenvalue weighted by molar-refractivity contribution is 7.91. The summed E-state index contributed by atoms with van der Waals surface area (Å²) in [6.07, 6.45) is -0.315. The van der Waals surface area contributed by atoms with Crippen LogP contribution in [0.1, 0.15) is 6.92 Å². The summed E-state index contributed by atoms with van der Waals surface area (Å²) >= 11 is 1.22. The molecular weight excluding hydrogens is 322 g/mol. The van der Waals surface area contributed by atoms with Gasteiger partial charge in [0.25, 0.3) is 10.0 Å². The molecule has 2 aromatic rings. The minimum absolute atomic E-state index is 0.269. The first kappa shape index (κ1) is 15.3. The summed E-state index contributed by atoms with van der Waals surface area (Å²) in [5, 5.41) is 1.76. The number of fused-ring (bicyclic) bond motifs is 1. The van der Waals surface area contributed by atoms with E-state index < -0.39 is 10.0 Å². The van der Waals surface area contributed by atoms with Crippen LogP contribution >= 0.6 is 11.3 Å². The summed E-state index contributed by atoms with van der Waals surface area (Å²) in [6, 6.07) is 10.8. The number of hydrogen-bond donors (Lipinski definition) is 0. The third-order valence-electron chi connectivity index (χ3n) is 3.42. The average molecular weight is 339 g/mol. The Morgan fingerprint density at radius 3 is 2.68 bits per heavy atom. The molecule has 3 rings (SSSR count). The second-order valence-corrected chi connectivity index (χ2v) is 8.00. The van der Waals surface area contributed by atoms with Crippen LogP contribution in [0.3, 0.4) is 0 Å². The number of para-hydroxylation sites is 2. The molecule has 2 heterocycles. The van der Waals surface area contributed by atoms with Gasteiger partial charge in [-0.1, -0.05) is 25.1 Å². The van der Waals surface area contributed by atoms with E-state index in [1.54, 1.807) is 17.5 Å². The molecule has 5 nitrogen and oxygen atoms in total. The molecule has 1 aliphatic heterocycles. The van der Waals surface area contributed by atoms with Gasteiger partial charge in [0.15, 0.2) is 11.5 Å². The van der Waals surface area contributed by atoms with Gasteiger partial charge in [0.05, 0.1) is 6.54 Å². The van der Waals surface area contributed by atoms with Crippen LogP contribution in [0, 0.1) is 0 Å². The molecule has 0 amide bonds. The molecule has 1 aromatic heterocycles. The molecule has 0 aliphatic carbocycles. The Balaban J connectivity index is 1.75. The Hall–Kier alpha value is -1.57. The molecule has 7 heteroatoms. The number of thiophene rings is 1. The number of rotatable bonds is 5. The fraction of sp³-hybridized carbons (Fsp3) is 0.333. The van der Waals surface area contributed by atoms with Crippen molar-refractivity contribution in [2.75, 3.05) is 19.7 Å². The lowest BCUT2D eigenvalue weighted by Crippen LogP contribution is -2.43. The van der Waals surface area contributed by atoms with Crippen LogP contribution in [0.15, 0.2) is 46.0 Å². The molecule has 0 saturated heterocycles. The van der Waals surface area contributed by atoms with E-state index in [1.807, 2.05) is 31.2 Å². The number of nitrogens with zero attached hydrogens (tertiary/aromatic N) is 1. The van der Waals surface area contributed by atoms with Gasteiger partial charge in [-0.3, -0.25) is 0 Å². The summed E-state index contributed by atoms with van der Waals surface area (Å²) in [4.78, 5) is 0. The standard InChI is InChI=1S/C15H17NO4S2/c1-2-16(22(17,18)15-8-5-9-21-15)10-12-11-19-13-6-3-4-7-14(13)20-12/h3-9,12H,2,10-11H2,1H3/t12-/m0/s1. The van der Waals surface area contributed by atoms with Crippen molar-refractivity contribution in [3.8, 4) is 11.5 Å². The highest BCUT2D eigenvalue weighted by atomic mass is 32.2. The van der Waals surface area contributed by atoms with Crippen LogP contribution < -0.4 is 9.47 Å². The van der Waals surface area contributed by atoms with Crippen molar-refractivity contribution in [3.05, 3.63) is 41.8 Å². The SMILES string of the molecule is CCN(C[C@H]1COc2ccccc2O1)S(=O)(=O)c1cccs1. The lowest BCUT2D eigenvalue weighted by molar-refractivity contribution is 0.0772. The lowest BCUT2D eigenvalue weighted by atomic mass is 10.2. The minimum Gasteiger partial charge on any atom is -0.486 e. The van der Waals surface area contributed by atoms with Crippen LogP contribution in [0.25, 0.3) is 0 Å². The summed E-state index contributed by atoms with van der Waals surface area (Å²) in [5.41, 5.74) is 0. The van der Waals surface area contributed by atoms with E-state index in [9.17, 15) is 8.42 Å². The molecule has 0 bridgehead atoms. The first-order valence-corrected chi connectivity index (χ1v) is 9.35. The predicted molar refractivity (Wildman–Crippen MR) is 85.1 cm³/mol. The third-order valence-corrected chi connectivity index (χ3v) is 6.73. The van der Waals surface area contributed by atoms with Crippen LogP contribution in [0.2, 0.25) is 0 Å². The largest absolute Gasteiger partial charge is 0.486 e. The summed E-state index contributed by atoms with van der Waals surface area (Å²) in [6.45, 7) is 2.82. The molecule has 1 aliphatic rings. The van der Waals surface area contributed by atoms with Crippen LogP contribution in [0.4, 0.5) is 0 Å². The minimum atomic E-state index is -3.47. The van der Waals surface area contributed by atoms with E-state index in [2.05, 4.69) is 0 Å². The maximum Gasteiger partial charge on any atom is 0.252 e. The third kappa shape index (κ3) is 2.97. The van der Waals surface area contributed by atoms with Crippen molar-refractivity contribution in [1.29, 1.82) is 0 Å². The molecule has 0 spiro atoms. The molecule has 0 saturated carbocycles. The highest BCUT2D eigenvalue weighted by Crippen LogP contribution is 2.31. The van der Waals surface area contributed by atoms with Gasteiger partial charge in [-0.15, -0.1) is 11.3 Å². The number of sulfonamides is 1. The van der Waals surface area contributed by atoms with Gasteiger partial charge in [-0.05, 0) is 23.6 Å². The molecule has 1 aromatic carbocycles. The van der Waals surface area contributed by atoms with Crippen molar-refractivity contribution in [1.82, 2.24) is 4.31 Å². The van der Waals surface area contributed by atoms with Crippen molar-refractivity contribution < 1.29 is 17.9 Å². The van der Waals surface area contributed by atoms with E-state index in [1.165, 1.54) is 15.6 Å². The molecule has 0 N–H and O–H groups in total. The smallest absolute Gasteiger partial charge is 0.252 e. The second-order valence-electron chi connectivity index (χ2n) is 4.89. The van der Waals surface area contributed by atoms with Gasteiger partial charge in [0.2, 0.25) is 0 Å². The maximum absolute atomic E-state index is 12.6. The average Bonchev–Trinajstić information content (AvgIpc) is 3.07. The Kier molecular flexibility index (Phi) is 4.37. The summed E-state index contributed by atoms with van der Waals surface area (Å²) < 4.78 is 38.4. The molecule has 0 radical (unpaired) electrons. The van der Waals surface area contributed by atoms with Crippen molar-refractivity contribution in [2.24, 2.45) is 0 Å². The van der Waals surface area contributed by atoms with E-state index >= 15 is 0 Å². The zero-order chi connectivity index (χ0) is 15.6. The molecular formula is C15H17NO4S2. The zero-order valence-electron chi connectivity index (χ0n) is 12.1. The van der Waals surface area contributed by atoms with Crippen LogP contribution in [0.5, 0.6) is 11.5 Å². The summed E-state index contributed by atoms with van der Waals surface area (Å²) in [7, 11) is -3.47. The van der Waals surface area contributed by atoms with E-state index in [0.717, 1.165) is 0 Å². The molecule has 0 fully saturated rings. The van der Waals surface area contributed by atoms with E-state index in [0.29, 0.717) is 28.9 Å². The lowest BCUT2D eigenvalue weighted by Gasteiger charge is -2.30. The topological polar surface area (TPSA) is 55.8 Å². The van der Waals surface area contributed by atoms with Gasteiger partial charge in [-0.2, -0.15) is 4.31 Å². The summed E-state index contributed by atoms with van der Waals surface area (Å²) in [5.74, 6) is 1.35. The number of benzene rings is 1. The predicted octanol–water partition coefficient (Wildman–Crippen LogP) is 2.60. The molecule has 118 valence electrons. The second kappa shape index (κ2) is 6.28. The number of likely N-dealkylation sites (N-methyl/N-ethyl adjacent to an activating group) is 1. The van der Waals surface area contributed by atoms with Gasteiger partial charge in [-0.25, -0.2) is 8.42 Å². The Bertz CT molecular complexity index is 728. The van der Waals surface area contributed by atoms with Crippen molar-refractivity contribution in [2.45, 2.75) is 17.2 Å². The van der Waals surface area contributed by atoms with Gasteiger partial charge < -0.3 is 9.47 Å². The first-order valence-electron chi connectivity index (χ1n) is 7.03. The Morgan fingerprint density at radius 2 is 2.00 bits per heavy atom. The van der Waals surface area contributed by atoms with Crippen molar-refractivity contribution >= 4 is 21.4 Å². The molecule has 22 heavy (non-hydrogen) atoms. The highest BCUT2D eigenvalue weighted by Gasteiger charge is 2.30. The van der Waals surface area contributed by atoms with E-state index in [4.69, 9.17) is 9.47 Å². The number of ether oxygens (including phenoxy) is 2. The Morgan fingerprint density at radius 1 is 1.23 bits per heavy atom. The van der Waals surface area contributed by atoms with Crippen molar-refractivity contribution in [3.63, 3.8) is 0 Å². The fourth-order valence-electron chi connectivity index (χ4n) is 2.31. The maximum atomic E-state index is 12.6. The van der Waals surface area contributed by atoms with Gasteiger partial charge in [0, 0.05) is 6.54 Å². The Labute approximate surface area is 134 Å². The quantitative estimate of drug-likeness (QED) is 0.840. The fourth-order valence-corrected chi connectivity index (χ4v) is 4.94. The van der Waals surface area contributed by atoms with E-state index in [-0.39, 0.29) is 12.6 Å². The van der Waals surface area contributed by atoms with Crippen LogP contribution in [-0.4, -0.2) is 38.5 Å². The van der Waals surface area contributed by atoms with Crippen LogP contribution in [-0.2, 0) is 10.0 Å². The van der Waals surface area contributed by atoms with Gasteiger partial charge >= 0.3 is 0 Å². The normalized spacial score (nSPS) is 17.6. The molecule has 1 atom stereocenters. The molecule has 0 unspecified atom stereocenters. The first-order chi connectivity index (χ1) is 10.6. The van der Waals surface area contributed by atoms with Gasteiger partial charge in [0.1, 0.15) is 16.9 Å². The number of hydrogen-bond acceptors (Lipinski definition) is 5. The monoisotopic (exact) mass is 339 g/mol.